The molecule has 0 spiro atoms. The Morgan fingerprint density at radius 3 is 2.60 bits per heavy atom. The van der Waals surface area contributed by atoms with Crippen LogP contribution in [0, 0.1) is 11.8 Å². The molecule has 1 aliphatic carbocycles. The maximum Gasteiger partial charge on any atom is 0.119 e. The predicted octanol–water partition coefficient (Wildman–Crippen LogP) is 4.39. The van der Waals surface area contributed by atoms with E-state index in [1.165, 1.54) is 31.2 Å². The van der Waals surface area contributed by atoms with E-state index < -0.39 is 0 Å². The normalized spacial score (nSPS) is 23.0. The highest BCUT2D eigenvalue weighted by atomic mass is 16.5. The van der Waals surface area contributed by atoms with Crippen molar-refractivity contribution in [3.63, 3.8) is 0 Å². The maximum absolute atomic E-state index is 5.66. The number of hydrogen-bond acceptors (Lipinski definition) is 2. The largest absolute Gasteiger partial charge is 0.491 e. The van der Waals surface area contributed by atoms with Gasteiger partial charge in [0.25, 0.3) is 0 Å². The van der Waals surface area contributed by atoms with Crippen LogP contribution in [0.25, 0.3) is 0 Å². The topological polar surface area (TPSA) is 21.3 Å². The molecule has 1 aliphatic rings. The van der Waals surface area contributed by atoms with Gasteiger partial charge in [0.2, 0.25) is 0 Å². The molecule has 2 rings (SSSR count). The minimum atomic E-state index is 0.243. The fourth-order valence-electron chi connectivity index (χ4n) is 3.12. The SMILES string of the molecule is CC1CCCC(CNCc2ccc(OC(C)C)cc2)C1. The van der Waals surface area contributed by atoms with Gasteiger partial charge in [-0.2, -0.15) is 0 Å². The average Bonchev–Trinajstić information content (AvgIpc) is 2.40. The first kappa shape index (κ1) is 15.4. The summed E-state index contributed by atoms with van der Waals surface area (Å²) in [4.78, 5) is 0. The molecule has 1 saturated carbocycles. The lowest BCUT2D eigenvalue weighted by Crippen LogP contribution is -2.26. The predicted molar refractivity (Wildman–Crippen MR) is 85.0 cm³/mol. The summed E-state index contributed by atoms with van der Waals surface area (Å²) in [6.45, 7) is 8.63. The van der Waals surface area contributed by atoms with Crippen LogP contribution in [0.5, 0.6) is 5.75 Å². The van der Waals surface area contributed by atoms with Crippen molar-refractivity contribution in [1.29, 1.82) is 0 Å². The van der Waals surface area contributed by atoms with Gasteiger partial charge < -0.3 is 10.1 Å². The summed E-state index contributed by atoms with van der Waals surface area (Å²) in [6, 6.07) is 8.46. The number of rotatable bonds is 6. The van der Waals surface area contributed by atoms with Crippen LogP contribution in [-0.2, 0) is 6.54 Å². The Morgan fingerprint density at radius 1 is 1.20 bits per heavy atom. The quantitative estimate of drug-likeness (QED) is 0.831. The molecule has 1 fully saturated rings. The molecule has 1 aromatic carbocycles. The van der Waals surface area contributed by atoms with Gasteiger partial charge in [-0.3, -0.25) is 0 Å². The van der Waals surface area contributed by atoms with E-state index in [2.05, 4.69) is 50.4 Å². The summed E-state index contributed by atoms with van der Waals surface area (Å²) in [5.41, 5.74) is 1.34. The minimum Gasteiger partial charge on any atom is -0.491 e. The second-order valence-electron chi connectivity index (χ2n) is 6.58. The van der Waals surface area contributed by atoms with Gasteiger partial charge in [-0.15, -0.1) is 0 Å². The highest BCUT2D eigenvalue weighted by molar-refractivity contribution is 5.27. The van der Waals surface area contributed by atoms with Gasteiger partial charge in [0, 0.05) is 6.54 Å². The number of nitrogens with one attached hydrogen (secondary N) is 1. The molecule has 20 heavy (non-hydrogen) atoms. The molecule has 1 aromatic rings. The monoisotopic (exact) mass is 275 g/mol. The standard InChI is InChI=1S/C18H29NO/c1-14(2)20-18-9-7-16(8-10-18)12-19-13-17-6-4-5-15(3)11-17/h7-10,14-15,17,19H,4-6,11-13H2,1-3H3. The Balaban J connectivity index is 1.71. The molecule has 2 nitrogen and oxygen atoms in total. The van der Waals surface area contributed by atoms with Crippen LogP contribution >= 0.6 is 0 Å². The molecule has 0 saturated heterocycles. The molecule has 0 radical (unpaired) electrons. The van der Waals surface area contributed by atoms with Crippen molar-refractivity contribution >= 4 is 0 Å². The first-order chi connectivity index (χ1) is 9.63. The van der Waals surface area contributed by atoms with E-state index in [0.29, 0.717) is 0 Å². The third kappa shape index (κ3) is 5.16. The van der Waals surface area contributed by atoms with Crippen molar-refractivity contribution < 1.29 is 4.74 Å². The molecular weight excluding hydrogens is 246 g/mol. The highest BCUT2D eigenvalue weighted by Crippen LogP contribution is 2.27. The van der Waals surface area contributed by atoms with Crippen LogP contribution in [-0.4, -0.2) is 12.6 Å². The van der Waals surface area contributed by atoms with E-state index in [0.717, 1.165) is 30.7 Å². The van der Waals surface area contributed by atoms with E-state index in [1.54, 1.807) is 0 Å². The van der Waals surface area contributed by atoms with Gasteiger partial charge in [-0.05, 0) is 62.8 Å². The van der Waals surface area contributed by atoms with Crippen molar-refractivity contribution in [3.05, 3.63) is 29.8 Å². The van der Waals surface area contributed by atoms with Crippen molar-refractivity contribution in [2.45, 2.75) is 59.1 Å². The number of ether oxygens (including phenoxy) is 1. The summed E-state index contributed by atoms with van der Waals surface area (Å²) in [5, 5.41) is 3.61. The maximum atomic E-state index is 5.66. The van der Waals surface area contributed by atoms with Gasteiger partial charge in [0.15, 0.2) is 0 Å². The van der Waals surface area contributed by atoms with Crippen LogP contribution in [0.2, 0.25) is 0 Å². The van der Waals surface area contributed by atoms with Crippen molar-refractivity contribution in [1.82, 2.24) is 5.32 Å². The van der Waals surface area contributed by atoms with Crippen LogP contribution in [0.3, 0.4) is 0 Å². The van der Waals surface area contributed by atoms with Crippen molar-refractivity contribution in [2.75, 3.05) is 6.54 Å². The Labute approximate surface area is 123 Å². The molecule has 0 bridgehead atoms. The molecular formula is C18H29NO. The zero-order chi connectivity index (χ0) is 14.4. The summed E-state index contributed by atoms with van der Waals surface area (Å²) in [5.74, 6) is 2.76. The Kier molecular flexibility index (Phi) is 5.90. The van der Waals surface area contributed by atoms with Gasteiger partial charge in [0.1, 0.15) is 5.75 Å². The molecule has 1 N–H and O–H groups in total. The van der Waals surface area contributed by atoms with E-state index in [9.17, 15) is 0 Å². The van der Waals surface area contributed by atoms with Crippen LogP contribution < -0.4 is 10.1 Å². The summed E-state index contributed by atoms with van der Waals surface area (Å²) in [6.07, 6.45) is 5.88. The molecule has 2 heteroatoms. The first-order valence-corrected chi connectivity index (χ1v) is 8.10. The van der Waals surface area contributed by atoms with E-state index >= 15 is 0 Å². The molecule has 0 heterocycles. The Bertz CT molecular complexity index is 385. The highest BCUT2D eigenvalue weighted by Gasteiger charge is 2.18. The van der Waals surface area contributed by atoms with Crippen LogP contribution in [0.1, 0.15) is 52.0 Å². The number of hydrogen-bond donors (Lipinski definition) is 1. The third-order valence-corrected chi connectivity index (χ3v) is 4.10. The molecule has 0 amide bonds. The lowest BCUT2D eigenvalue weighted by atomic mass is 9.82. The summed E-state index contributed by atoms with van der Waals surface area (Å²) in [7, 11) is 0. The molecule has 112 valence electrons. The lowest BCUT2D eigenvalue weighted by molar-refractivity contribution is 0.242. The lowest BCUT2D eigenvalue weighted by Gasteiger charge is -2.26. The van der Waals surface area contributed by atoms with Crippen LogP contribution in [0.4, 0.5) is 0 Å². The van der Waals surface area contributed by atoms with Crippen LogP contribution in [0.15, 0.2) is 24.3 Å². The fraction of sp³-hybridized carbons (Fsp3) is 0.667. The minimum absolute atomic E-state index is 0.243. The van der Waals surface area contributed by atoms with Crippen molar-refractivity contribution in [2.24, 2.45) is 11.8 Å². The fourth-order valence-corrected chi connectivity index (χ4v) is 3.12. The Hall–Kier alpha value is -1.02. The number of benzene rings is 1. The molecule has 0 aliphatic heterocycles. The zero-order valence-electron chi connectivity index (χ0n) is 13.2. The molecule has 2 unspecified atom stereocenters. The average molecular weight is 275 g/mol. The smallest absolute Gasteiger partial charge is 0.119 e. The van der Waals surface area contributed by atoms with Gasteiger partial charge >= 0.3 is 0 Å². The molecule has 0 aromatic heterocycles. The van der Waals surface area contributed by atoms with E-state index in [-0.39, 0.29) is 6.10 Å². The van der Waals surface area contributed by atoms with E-state index in [1.807, 2.05) is 0 Å². The summed E-state index contributed by atoms with van der Waals surface area (Å²) < 4.78 is 5.66. The Morgan fingerprint density at radius 2 is 1.95 bits per heavy atom. The van der Waals surface area contributed by atoms with Gasteiger partial charge in [0.05, 0.1) is 6.10 Å². The van der Waals surface area contributed by atoms with E-state index in [4.69, 9.17) is 4.74 Å². The second kappa shape index (κ2) is 7.68. The second-order valence-corrected chi connectivity index (χ2v) is 6.58. The van der Waals surface area contributed by atoms with Gasteiger partial charge in [-0.25, -0.2) is 0 Å². The zero-order valence-corrected chi connectivity index (χ0v) is 13.2. The first-order valence-electron chi connectivity index (χ1n) is 8.10. The van der Waals surface area contributed by atoms with Crippen molar-refractivity contribution in [3.8, 4) is 5.75 Å². The molecule has 2 atom stereocenters. The third-order valence-electron chi connectivity index (χ3n) is 4.10. The summed E-state index contributed by atoms with van der Waals surface area (Å²) >= 11 is 0. The van der Waals surface area contributed by atoms with Gasteiger partial charge in [-0.1, -0.05) is 31.9 Å².